The maximum Gasteiger partial charge on any atom is 0.0720 e. The van der Waals surface area contributed by atoms with Crippen LogP contribution in [0.25, 0.3) is 82.8 Å². The Labute approximate surface area is 390 Å². The third-order valence-electron chi connectivity index (χ3n) is 14.9. The summed E-state index contributed by atoms with van der Waals surface area (Å²) >= 11 is 0. The molecule has 0 amide bonds. The summed E-state index contributed by atoms with van der Waals surface area (Å²) in [6.45, 7) is 0. The van der Waals surface area contributed by atoms with Crippen molar-refractivity contribution in [3.8, 4) is 50.2 Å². The van der Waals surface area contributed by atoms with Gasteiger partial charge in [-0.25, -0.2) is 0 Å². The largest absolute Gasteiger partial charge is 0.309 e. The Bertz CT molecular complexity index is 3870. The van der Waals surface area contributed by atoms with Gasteiger partial charge < -0.3 is 4.57 Å². The minimum atomic E-state index is -0.559. The SMILES string of the molecule is c1ccc(-c2cccc(C3c4ccccc4-c4cc(-c5ccc6c(c5)c5c7c(ccc5n6-c5ccc6ccccc6c5)-c5ccccc5C7(c5ccccc5)c5ccccc5)ccc43)c2)cc1. The summed E-state index contributed by atoms with van der Waals surface area (Å²) in [7, 11) is 0. The molecule has 0 bridgehead atoms. The second-order valence-corrected chi connectivity index (χ2v) is 18.3. The van der Waals surface area contributed by atoms with Gasteiger partial charge in [0.1, 0.15) is 0 Å². The topological polar surface area (TPSA) is 4.93 Å². The highest BCUT2D eigenvalue weighted by Gasteiger charge is 2.48. The van der Waals surface area contributed by atoms with Gasteiger partial charge in [-0.05, 0) is 131 Å². The first-order chi connectivity index (χ1) is 33.2. The number of hydrogen-bond donors (Lipinski definition) is 0. The first kappa shape index (κ1) is 37.8. The molecule has 1 heterocycles. The summed E-state index contributed by atoms with van der Waals surface area (Å²) in [5.74, 6) is 0.152. The van der Waals surface area contributed by atoms with Crippen LogP contribution in [0.15, 0.2) is 255 Å². The summed E-state index contributed by atoms with van der Waals surface area (Å²) in [4.78, 5) is 0. The molecule has 14 rings (SSSR count). The van der Waals surface area contributed by atoms with E-state index in [9.17, 15) is 0 Å². The van der Waals surface area contributed by atoms with Crippen LogP contribution in [0, 0.1) is 0 Å². The molecule has 12 aromatic rings. The average Bonchev–Trinajstić information content (AvgIpc) is 4.03. The second-order valence-electron chi connectivity index (χ2n) is 18.3. The van der Waals surface area contributed by atoms with Crippen molar-refractivity contribution in [3.63, 3.8) is 0 Å². The lowest BCUT2D eigenvalue weighted by molar-refractivity contribution is 0.776. The third kappa shape index (κ3) is 5.55. The molecule has 0 spiro atoms. The molecule has 1 atom stereocenters. The zero-order chi connectivity index (χ0) is 44.1. The molecule has 0 fully saturated rings. The number of nitrogens with zero attached hydrogens (tertiary/aromatic N) is 1. The normalized spacial score (nSPS) is 14.2. The van der Waals surface area contributed by atoms with E-state index in [4.69, 9.17) is 0 Å². The van der Waals surface area contributed by atoms with Crippen LogP contribution < -0.4 is 0 Å². The summed E-state index contributed by atoms with van der Waals surface area (Å²) in [6, 6.07) is 95.3. The zero-order valence-corrected chi connectivity index (χ0v) is 36.8. The molecule has 0 saturated heterocycles. The quantitative estimate of drug-likeness (QED) is 0.157. The highest BCUT2D eigenvalue weighted by molar-refractivity contribution is 6.16. The second kappa shape index (κ2) is 14.8. The van der Waals surface area contributed by atoms with Crippen LogP contribution in [0.1, 0.15) is 44.9 Å². The van der Waals surface area contributed by atoms with Crippen LogP contribution in [-0.2, 0) is 5.41 Å². The van der Waals surface area contributed by atoms with Crippen molar-refractivity contribution in [1.82, 2.24) is 4.57 Å². The zero-order valence-electron chi connectivity index (χ0n) is 36.8. The minimum absolute atomic E-state index is 0.152. The number of hydrogen-bond acceptors (Lipinski definition) is 0. The molecule has 0 aliphatic heterocycles. The number of aromatic nitrogens is 1. The standard InChI is InChI=1S/C66H43N/c1-4-17-43(18-5-1)45-21-16-22-49(39-45)63-55-29-13-12-27-53(55)58-41-47(32-35-56(58)63)48-33-37-61-59(42-48)64-62(67(61)52-34-31-44-19-10-11-20-46(44)40-52)38-36-57-54-28-14-15-30-60(54)66(65(57)64,50-23-6-2-7-24-50)51-25-8-3-9-26-51/h1-42,63H. The molecular weight excluding hydrogens is 807 g/mol. The Balaban J connectivity index is 1.03. The van der Waals surface area contributed by atoms with E-state index in [0.29, 0.717) is 0 Å². The van der Waals surface area contributed by atoms with Crippen molar-refractivity contribution in [3.05, 3.63) is 294 Å². The Morgan fingerprint density at radius 3 is 1.76 bits per heavy atom. The molecule has 2 aliphatic carbocycles. The van der Waals surface area contributed by atoms with Crippen LogP contribution in [-0.4, -0.2) is 4.57 Å². The minimum Gasteiger partial charge on any atom is -0.309 e. The monoisotopic (exact) mass is 849 g/mol. The van der Waals surface area contributed by atoms with E-state index in [2.05, 4.69) is 259 Å². The van der Waals surface area contributed by atoms with Crippen LogP contribution >= 0.6 is 0 Å². The van der Waals surface area contributed by atoms with Gasteiger partial charge in [-0.15, -0.1) is 0 Å². The van der Waals surface area contributed by atoms with Crippen LogP contribution in [0.2, 0.25) is 0 Å². The number of rotatable bonds is 6. The van der Waals surface area contributed by atoms with E-state index in [1.54, 1.807) is 0 Å². The summed E-state index contributed by atoms with van der Waals surface area (Å²) in [6.07, 6.45) is 0. The summed E-state index contributed by atoms with van der Waals surface area (Å²) < 4.78 is 2.51. The molecule has 0 saturated carbocycles. The van der Waals surface area contributed by atoms with E-state index in [1.165, 1.54) is 116 Å². The van der Waals surface area contributed by atoms with Crippen LogP contribution in [0.3, 0.4) is 0 Å². The van der Waals surface area contributed by atoms with E-state index >= 15 is 0 Å². The fraction of sp³-hybridized carbons (Fsp3) is 0.0303. The maximum atomic E-state index is 2.51. The van der Waals surface area contributed by atoms with Gasteiger partial charge in [0.15, 0.2) is 0 Å². The number of benzene rings is 11. The smallest absolute Gasteiger partial charge is 0.0720 e. The van der Waals surface area contributed by atoms with Gasteiger partial charge in [0.05, 0.1) is 16.4 Å². The molecule has 0 radical (unpaired) electrons. The van der Waals surface area contributed by atoms with Gasteiger partial charge in [0.25, 0.3) is 0 Å². The Kier molecular flexibility index (Phi) is 8.33. The first-order valence-electron chi connectivity index (χ1n) is 23.4. The molecule has 2 aliphatic rings. The maximum absolute atomic E-state index is 2.51. The van der Waals surface area contributed by atoms with E-state index < -0.39 is 5.41 Å². The molecule has 67 heavy (non-hydrogen) atoms. The molecular formula is C66H43N. The van der Waals surface area contributed by atoms with Crippen LogP contribution in [0.5, 0.6) is 0 Å². The number of fused-ring (bicyclic) bond motifs is 11. The summed E-state index contributed by atoms with van der Waals surface area (Å²) in [5, 5.41) is 5.00. The molecule has 1 aromatic heterocycles. The molecule has 1 heteroatoms. The highest BCUT2D eigenvalue weighted by Crippen LogP contribution is 2.59. The predicted octanol–water partition coefficient (Wildman–Crippen LogP) is 16.8. The van der Waals surface area contributed by atoms with Gasteiger partial charge in [0, 0.05) is 22.4 Å². The van der Waals surface area contributed by atoms with Crippen LogP contribution in [0.4, 0.5) is 0 Å². The van der Waals surface area contributed by atoms with E-state index in [-0.39, 0.29) is 5.92 Å². The lowest BCUT2D eigenvalue weighted by atomic mass is 9.67. The van der Waals surface area contributed by atoms with Gasteiger partial charge in [0.2, 0.25) is 0 Å². The molecule has 1 unspecified atom stereocenters. The fourth-order valence-corrected chi connectivity index (χ4v) is 12.1. The predicted molar refractivity (Wildman–Crippen MR) is 279 cm³/mol. The van der Waals surface area contributed by atoms with Crippen molar-refractivity contribution in [2.45, 2.75) is 11.3 Å². The lowest BCUT2D eigenvalue weighted by Gasteiger charge is -2.34. The lowest BCUT2D eigenvalue weighted by Crippen LogP contribution is -2.28. The van der Waals surface area contributed by atoms with Crippen molar-refractivity contribution >= 4 is 32.6 Å². The third-order valence-corrected chi connectivity index (χ3v) is 14.9. The van der Waals surface area contributed by atoms with Crippen molar-refractivity contribution in [1.29, 1.82) is 0 Å². The van der Waals surface area contributed by atoms with Gasteiger partial charge in [-0.1, -0.05) is 218 Å². The fourth-order valence-electron chi connectivity index (χ4n) is 12.1. The first-order valence-corrected chi connectivity index (χ1v) is 23.4. The Morgan fingerprint density at radius 1 is 0.343 bits per heavy atom. The van der Waals surface area contributed by atoms with Gasteiger partial charge >= 0.3 is 0 Å². The Hall–Kier alpha value is -8.52. The molecule has 1 nitrogen and oxygen atoms in total. The van der Waals surface area contributed by atoms with Gasteiger partial charge in [-0.2, -0.15) is 0 Å². The highest BCUT2D eigenvalue weighted by atomic mass is 15.0. The molecule has 11 aromatic carbocycles. The van der Waals surface area contributed by atoms with E-state index in [0.717, 1.165) is 5.69 Å². The van der Waals surface area contributed by atoms with Crippen molar-refractivity contribution in [2.24, 2.45) is 0 Å². The van der Waals surface area contributed by atoms with Crippen molar-refractivity contribution < 1.29 is 0 Å². The van der Waals surface area contributed by atoms with Gasteiger partial charge in [-0.3, -0.25) is 0 Å². The molecule has 312 valence electrons. The van der Waals surface area contributed by atoms with E-state index in [1.807, 2.05) is 0 Å². The Morgan fingerprint density at radius 2 is 0.955 bits per heavy atom. The summed E-state index contributed by atoms with van der Waals surface area (Å²) in [5.41, 5.74) is 22.3. The van der Waals surface area contributed by atoms with Crippen molar-refractivity contribution in [2.75, 3.05) is 0 Å². The average molecular weight is 850 g/mol. The molecule has 0 N–H and O–H groups in total.